The lowest BCUT2D eigenvalue weighted by Gasteiger charge is -2.48. The number of esters is 2. The first-order chi connectivity index (χ1) is 16.1. The molecule has 10 atom stereocenters. The van der Waals surface area contributed by atoms with Gasteiger partial charge in [0, 0.05) is 25.9 Å². The molecule has 2 fully saturated rings. The van der Waals surface area contributed by atoms with Gasteiger partial charge in [-0.15, -0.1) is 0 Å². The van der Waals surface area contributed by atoms with Crippen LogP contribution in [0.3, 0.4) is 0 Å². The molecule has 0 aliphatic carbocycles. The van der Waals surface area contributed by atoms with E-state index < -0.39 is 61.0 Å². The highest BCUT2D eigenvalue weighted by molar-refractivity contribution is 5.89. The number of carbonyl (C=O) groups excluding carboxylic acids is 2. The van der Waals surface area contributed by atoms with E-state index in [2.05, 4.69) is 0 Å². The number of methoxy groups -OCH3 is 1. The molecule has 190 valence electrons. The van der Waals surface area contributed by atoms with Crippen molar-refractivity contribution in [2.24, 2.45) is 17.8 Å². The van der Waals surface area contributed by atoms with Crippen LogP contribution < -0.4 is 0 Å². The Labute approximate surface area is 200 Å². The second-order valence-electron chi connectivity index (χ2n) is 9.20. The number of hydrogen-bond acceptors (Lipinski definition) is 9. The second kappa shape index (κ2) is 11.6. The van der Waals surface area contributed by atoms with E-state index in [0.717, 1.165) is 0 Å². The minimum atomic E-state index is -0.955. The Morgan fingerprint density at radius 3 is 2.24 bits per heavy atom. The Kier molecular flexibility index (Phi) is 9.06. The third-order valence-electron chi connectivity index (χ3n) is 6.83. The van der Waals surface area contributed by atoms with Gasteiger partial charge in [-0.3, -0.25) is 4.79 Å². The average molecular weight is 481 g/mol. The van der Waals surface area contributed by atoms with Crippen molar-refractivity contribution in [1.82, 2.24) is 0 Å². The fraction of sp³-hybridized carbons (Fsp3) is 0.680. The largest absolute Gasteiger partial charge is 0.463 e. The number of aliphatic hydroxyl groups excluding tert-OH is 1. The van der Waals surface area contributed by atoms with Crippen molar-refractivity contribution in [3.05, 3.63) is 35.9 Å². The summed E-state index contributed by atoms with van der Waals surface area (Å²) in [5.74, 6) is -1.51. The molecule has 0 amide bonds. The number of ether oxygens (including phenoxy) is 6. The Bertz CT molecular complexity index is 816. The fourth-order valence-corrected chi connectivity index (χ4v) is 4.51. The predicted octanol–water partition coefficient (Wildman–Crippen LogP) is 2.55. The summed E-state index contributed by atoms with van der Waals surface area (Å²) >= 11 is 0. The van der Waals surface area contributed by atoms with Crippen LogP contribution in [0.15, 0.2) is 30.3 Å². The molecular formula is C25H36O9. The number of benzene rings is 1. The van der Waals surface area contributed by atoms with Gasteiger partial charge in [-0.1, -0.05) is 39.0 Å². The lowest BCUT2D eigenvalue weighted by atomic mass is 9.84. The van der Waals surface area contributed by atoms with Crippen molar-refractivity contribution in [1.29, 1.82) is 0 Å². The van der Waals surface area contributed by atoms with E-state index in [1.807, 2.05) is 19.9 Å². The summed E-state index contributed by atoms with van der Waals surface area (Å²) in [6.07, 6.45) is -4.86. The van der Waals surface area contributed by atoms with Gasteiger partial charge in [-0.05, 0) is 25.0 Å². The van der Waals surface area contributed by atoms with Gasteiger partial charge >= 0.3 is 11.9 Å². The topological polar surface area (TPSA) is 110 Å². The van der Waals surface area contributed by atoms with Crippen molar-refractivity contribution in [2.45, 2.75) is 77.7 Å². The molecular weight excluding hydrogens is 444 g/mol. The van der Waals surface area contributed by atoms with E-state index in [1.165, 1.54) is 6.92 Å². The van der Waals surface area contributed by atoms with Crippen LogP contribution in [0.4, 0.5) is 0 Å². The van der Waals surface area contributed by atoms with Gasteiger partial charge in [-0.25, -0.2) is 4.79 Å². The molecule has 0 bridgehead atoms. The third-order valence-corrected chi connectivity index (χ3v) is 6.83. The molecule has 2 saturated heterocycles. The average Bonchev–Trinajstić information content (AvgIpc) is 2.82. The molecule has 2 aliphatic heterocycles. The molecule has 9 heteroatoms. The first-order valence-electron chi connectivity index (χ1n) is 11.7. The van der Waals surface area contributed by atoms with Crippen molar-refractivity contribution < 1.29 is 43.1 Å². The highest BCUT2D eigenvalue weighted by Gasteiger charge is 2.49. The molecule has 0 saturated carbocycles. The van der Waals surface area contributed by atoms with Gasteiger partial charge in [0.15, 0.2) is 18.7 Å². The normalized spacial score (nSPS) is 38.2. The van der Waals surface area contributed by atoms with Crippen LogP contribution in [0.5, 0.6) is 0 Å². The highest BCUT2D eigenvalue weighted by atomic mass is 16.7. The summed E-state index contributed by atoms with van der Waals surface area (Å²) in [5.41, 5.74) is 0.389. The van der Waals surface area contributed by atoms with Gasteiger partial charge in [0.25, 0.3) is 0 Å². The molecule has 1 N–H and O–H groups in total. The van der Waals surface area contributed by atoms with Gasteiger partial charge in [0.1, 0.15) is 12.7 Å². The van der Waals surface area contributed by atoms with Crippen LogP contribution in [0.2, 0.25) is 0 Å². The number of hydrogen-bond donors (Lipinski definition) is 1. The minimum Gasteiger partial charge on any atom is -0.463 e. The minimum absolute atomic E-state index is 0.0220. The lowest BCUT2D eigenvalue weighted by Crippen LogP contribution is -2.59. The van der Waals surface area contributed by atoms with Gasteiger partial charge < -0.3 is 33.5 Å². The summed E-state index contributed by atoms with van der Waals surface area (Å²) < 4.78 is 34.9. The lowest BCUT2D eigenvalue weighted by molar-refractivity contribution is -0.334. The summed E-state index contributed by atoms with van der Waals surface area (Å²) in [4.78, 5) is 24.3. The van der Waals surface area contributed by atoms with E-state index in [4.69, 9.17) is 28.4 Å². The monoisotopic (exact) mass is 480 g/mol. The van der Waals surface area contributed by atoms with Crippen molar-refractivity contribution >= 4 is 11.9 Å². The van der Waals surface area contributed by atoms with E-state index in [1.54, 1.807) is 45.2 Å². The van der Waals surface area contributed by atoms with Crippen molar-refractivity contribution in [3.63, 3.8) is 0 Å². The second-order valence-corrected chi connectivity index (χ2v) is 9.20. The summed E-state index contributed by atoms with van der Waals surface area (Å²) in [6, 6.07) is 8.62. The first-order valence-corrected chi connectivity index (χ1v) is 11.7. The van der Waals surface area contributed by atoms with Crippen LogP contribution in [0, 0.1) is 17.8 Å². The maximum absolute atomic E-state index is 12.8. The summed E-state index contributed by atoms with van der Waals surface area (Å²) in [5, 5.41) is 10.6. The molecule has 1 aromatic rings. The molecule has 2 heterocycles. The molecule has 4 unspecified atom stereocenters. The first kappa shape index (κ1) is 26.6. The van der Waals surface area contributed by atoms with E-state index in [-0.39, 0.29) is 18.4 Å². The smallest absolute Gasteiger partial charge is 0.338 e. The zero-order valence-corrected chi connectivity index (χ0v) is 20.6. The van der Waals surface area contributed by atoms with Crippen LogP contribution in [0.1, 0.15) is 45.0 Å². The van der Waals surface area contributed by atoms with Crippen LogP contribution in [-0.4, -0.2) is 73.9 Å². The number of aliphatic hydroxyl groups is 1. The van der Waals surface area contributed by atoms with E-state index in [9.17, 15) is 14.7 Å². The van der Waals surface area contributed by atoms with Gasteiger partial charge in [0.05, 0.1) is 23.9 Å². The van der Waals surface area contributed by atoms with Gasteiger partial charge in [-0.2, -0.15) is 0 Å². The molecule has 34 heavy (non-hydrogen) atoms. The SMILES string of the molecule is CO[C@H]1OC(COC(C)=O)[C@@H](O[C@@H]2O[C@@H](C)[C@@H](O)C(C)C2OC(=O)c2ccccc2)[C@H](C)C1C. The van der Waals surface area contributed by atoms with Crippen LogP contribution >= 0.6 is 0 Å². The van der Waals surface area contributed by atoms with Gasteiger partial charge in [0.2, 0.25) is 0 Å². The Hall–Kier alpha value is -2.04. The number of rotatable bonds is 7. The molecule has 9 nitrogen and oxygen atoms in total. The predicted molar refractivity (Wildman–Crippen MR) is 121 cm³/mol. The van der Waals surface area contributed by atoms with Crippen molar-refractivity contribution in [3.8, 4) is 0 Å². The molecule has 0 spiro atoms. The molecule has 3 rings (SSSR count). The maximum atomic E-state index is 12.8. The molecule has 0 radical (unpaired) electrons. The third kappa shape index (κ3) is 5.95. The van der Waals surface area contributed by atoms with E-state index >= 15 is 0 Å². The molecule has 0 aromatic heterocycles. The van der Waals surface area contributed by atoms with Crippen LogP contribution in [0.25, 0.3) is 0 Å². The van der Waals surface area contributed by atoms with Crippen LogP contribution in [-0.2, 0) is 33.2 Å². The zero-order chi connectivity index (χ0) is 25.0. The van der Waals surface area contributed by atoms with Crippen molar-refractivity contribution in [2.75, 3.05) is 13.7 Å². The Balaban J connectivity index is 1.83. The standard InChI is InChI=1S/C25H36O9/c1-13-14(2)24(29-6)32-19(12-30-17(5)26)21(13)34-25-22(15(3)20(27)16(4)31-25)33-23(28)18-10-8-7-9-11-18/h7-11,13-16,19-22,24-25,27H,12H2,1-6H3/t13-,14?,15?,16+,19?,20+,21+,22?,24+,25+/m1/s1. The fourth-order valence-electron chi connectivity index (χ4n) is 4.51. The highest BCUT2D eigenvalue weighted by Crippen LogP contribution is 2.37. The maximum Gasteiger partial charge on any atom is 0.338 e. The van der Waals surface area contributed by atoms with E-state index in [0.29, 0.717) is 5.56 Å². The quantitative estimate of drug-likeness (QED) is 0.589. The summed E-state index contributed by atoms with van der Waals surface area (Å²) in [7, 11) is 1.56. The molecule has 2 aliphatic rings. The Morgan fingerprint density at radius 1 is 0.941 bits per heavy atom. The molecule has 1 aromatic carbocycles. The Morgan fingerprint density at radius 2 is 1.62 bits per heavy atom. The summed E-state index contributed by atoms with van der Waals surface area (Å²) in [6.45, 7) is 8.83. The zero-order valence-electron chi connectivity index (χ0n) is 20.6. The number of carbonyl (C=O) groups is 2.